The molecule has 0 heterocycles. The van der Waals surface area contributed by atoms with E-state index in [-0.39, 0.29) is 29.1 Å². The van der Waals surface area contributed by atoms with Crippen molar-refractivity contribution in [3.8, 4) is 0 Å². The van der Waals surface area contributed by atoms with Gasteiger partial charge in [0.1, 0.15) is 0 Å². The van der Waals surface area contributed by atoms with Crippen LogP contribution in [-0.2, 0) is 25.5 Å². The predicted octanol–water partition coefficient (Wildman–Crippen LogP) is -0.134. The van der Waals surface area contributed by atoms with Gasteiger partial charge in [-0.25, -0.2) is 0 Å². The van der Waals surface area contributed by atoms with E-state index in [2.05, 4.69) is 0 Å². The molecule has 0 spiro atoms. The molecule has 0 N–H and O–H groups in total. The molecule has 4 heavy (non-hydrogen) atoms. The Morgan fingerprint density at radius 2 is 1.25 bits per heavy atom. The number of rotatable bonds is 0. The van der Waals surface area contributed by atoms with Crippen molar-refractivity contribution in [2.45, 2.75) is 7.43 Å². The van der Waals surface area contributed by atoms with Crippen LogP contribution in [0.3, 0.4) is 0 Å². The fraction of sp³-hybridized carbons (Fsp3) is 1.00. The van der Waals surface area contributed by atoms with Gasteiger partial charge >= 0.3 is 20.0 Å². The molecule has 0 aliphatic carbocycles. The summed E-state index contributed by atoms with van der Waals surface area (Å²) in [4.78, 5) is 0. The van der Waals surface area contributed by atoms with Crippen LogP contribution in [0.25, 0.3) is 0 Å². The first-order valence-corrected chi connectivity index (χ1v) is 0.866. The summed E-state index contributed by atoms with van der Waals surface area (Å²) in [6.45, 7) is 0. The van der Waals surface area contributed by atoms with Crippen molar-refractivity contribution in [1.29, 1.82) is 0 Å². The first kappa shape index (κ1) is 19.7. The Bertz CT molecular complexity index is 8.00. The van der Waals surface area contributed by atoms with Crippen molar-refractivity contribution in [2.24, 2.45) is 0 Å². The van der Waals surface area contributed by atoms with E-state index in [1.54, 1.807) is 0 Å². The minimum absolute atomic E-state index is 0. The first-order chi connectivity index (χ1) is 1.00. The average Bonchev–Trinajstić information content (AvgIpc) is 1.00. The Balaban J connectivity index is -0.00000000500. The van der Waals surface area contributed by atoms with Crippen LogP contribution in [0.2, 0.25) is 0 Å². The maximum absolute atomic E-state index is 8.28. The Kier molecular flexibility index (Phi) is 169. The molecule has 0 aromatic rings. The molecular formula is CH5AlOTi. The second-order valence-electron chi connectivity index (χ2n) is 0. The number of hydrogen-bond donors (Lipinski definition) is 0. The third kappa shape index (κ3) is 11.6. The molecule has 0 atom stereocenters. The minimum atomic E-state index is 0. The van der Waals surface area contributed by atoms with E-state index in [0.717, 1.165) is 0 Å². The monoisotopic (exact) mass is 108 g/mol. The third-order valence-corrected chi connectivity index (χ3v) is 0. The topological polar surface area (TPSA) is 17.1 Å². The summed E-state index contributed by atoms with van der Waals surface area (Å²) in [7, 11) is 0. The molecule has 0 aromatic carbocycles. The van der Waals surface area contributed by atoms with Crippen LogP contribution in [0.15, 0.2) is 0 Å². The summed E-state index contributed by atoms with van der Waals surface area (Å²) in [6, 6.07) is 0. The van der Waals surface area contributed by atoms with Gasteiger partial charge in [-0.3, -0.25) is 0 Å². The fourth-order valence-corrected chi connectivity index (χ4v) is 0. The molecule has 3 heteroatoms. The molecule has 0 unspecified atom stereocenters. The van der Waals surface area contributed by atoms with Crippen LogP contribution in [0.4, 0.5) is 0 Å². The normalized spacial score (nSPS) is 0.750. The summed E-state index contributed by atoms with van der Waals surface area (Å²) < 4.78 is 8.28. The summed E-state index contributed by atoms with van der Waals surface area (Å²) in [5.41, 5.74) is 0. The van der Waals surface area contributed by atoms with Crippen molar-refractivity contribution >= 4 is 16.2 Å². The summed E-state index contributed by atoms with van der Waals surface area (Å²) >= 11 is 0.611. The van der Waals surface area contributed by atoms with E-state index in [0.29, 0.717) is 16.2 Å². The Hall–Kier alpha value is 1.05. The van der Waals surface area contributed by atoms with Crippen LogP contribution in [-0.4, -0.2) is 16.2 Å². The van der Waals surface area contributed by atoms with E-state index in [9.17, 15) is 0 Å². The van der Waals surface area contributed by atoms with Crippen molar-refractivity contribution < 1.29 is 25.5 Å². The van der Waals surface area contributed by atoms with Gasteiger partial charge in [0.2, 0.25) is 0 Å². The zero-order valence-corrected chi connectivity index (χ0v) is 4.59. The van der Waals surface area contributed by atoms with Gasteiger partial charge < -0.3 is 0 Å². The van der Waals surface area contributed by atoms with Crippen molar-refractivity contribution in [3.05, 3.63) is 0 Å². The van der Waals surface area contributed by atoms with Gasteiger partial charge in [-0.1, -0.05) is 7.43 Å². The molecule has 22 valence electrons. The SMILES string of the molecule is C.[O]=[AlH].[Ti]. The van der Waals surface area contributed by atoms with E-state index in [1.807, 2.05) is 0 Å². The fourth-order valence-electron chi connectivity index (χ4n) is 0. The maximum Gasteiger partial charge on any atom is 0 e. The standard InChI is InChI=1S/CH4.Al.O.Ti.H/h1H4;;;;. The Labute approximate surface area is 49.3 Å². The van der Waals surface area contributed by atoms with Gasteiger partial charge in [-0.15, -0.1) is 0 Å². The maximum atomic E-state index is 8.28. The molecule has 0 amide bonds. The second kappa shape index (κ2) is 34.3. The van der Waals surface area contributed by atoms with E-state index >= 15 is 0 Å². The molecule has 1 nitrogen and oxygen atoms in total. The Morgan fingerprint density at radius 3 is 1.25 bits per heavy atom. The number of hydrogen-bond acceptors (Lipinski definition) is 1. The van der Waals surface area contributed by atoms with Gasteiger partial charge in [0.15, 0.2) is 0 Å². The molecule has 0 radical (unpaired) electrons. The van der Waals surface area contributed by atoms with E-state index in [4.69, 9.17) is 3.80 Å². The van der Waals surface area contributed by atoms with Crippen molar-refractivity contribution in [3.63, 3.8) is 0 Å². The molecule has 0 fully saturated rings. The molecule has 0 bridgehead atoms. The predicted molar refractivity (Wildman–Crippen MR) is 14.6 cm³/mol. The van der Waals surface area contributed by atoms with Crippen molar-refractivity contribution in [2.75, 3.05) is 0 Å². The van der Waals surface area contributed by atoms with E-state index in [1.165, 1.54) is 0 Å². The van der Waals surface area contributed by atoms with Crippen LogP contribution in [0, 0.1) is 0 Å². The summed E-state index contributed by atoms with van der Waals surface area (Å²) in [5, 5.41) is 0. The largest absolute Gasteiger partial charge is 0 e. The molecule has 0 aliphatic rings. The zero-order valence-electron chi connectivity index (χ0n) is 1.62. The van der Waals surface area contributed by atoms with Gasteiger partial charge in [-0.2, -0.15) is 0 Å². The third-order valence-electron chi connectivity index (χ3n) is 0. The molecule has 0 aromatic heterocycles. The zero-order chi connectivity index (χ0) is 2.00. The van der Waals surface area contributed by atoms with Gasteiger partial charge in [-0.05, 0) is 0 Å². The molecule has 0 aliphatic heterocycles. The van der Waals surface area contributed by atoms with Gasteiger partial charge in [0.25, 0.3) is 0 Å². The van der Waals surface area contributed by atoms with Crippen LogP contribution < -0.4 is 0 Å². The smallest absolute Gasteiger partial charge is 0 e. The van der Waals surface area contributed by atoms with Crippen molar-refractivity contribution in [1.82, 2.24) is 0 Å². The van der Waals surface area contributed by atoms with Crippen LogP contribution in [0.1, 0.15) is 7.43 Å². The van der Waals surface area contributed by atoms with Crippen LogP contribution in [0.5, 0.6) is 0 Å². The summed E-state index contributed by atoms with van der Waals surface area (Å²) in [5.74, 6) is 0. The Morgan fingerprint density at radius 1 is 1.25 bits per heavy atom. The molecule has 0 saturated heterocycles. The first-order valence-electron chi connectivity index (χ1n) is 0.289. The molecular weight excluding hydrogens is 103 g/mol. The quantitative estimate of drug-likeness (QED) is 0.395. The molecule has 0 rings (SSSR count). The second-order valence-corrected chi connectivity index (χ2v) is 0. The van der Waals surface area contributed by atoms with E-state index < -0.39 is 0 Å². The average molecular weight is 108 g/mol. The summed E-state index contributed by atoms with van der Waals surface area (Å²) in [6.07, 6.45) is 0. The van der Waals surface area contributed by atoms with Gasteiger partial charge in [0.05, 0.1) is 0 Å². The van der Waals surface area contributed by atoms with Crippen LogP contribution >= 0.6 is 0 Å². The minimum Gasteiger partial charge on any atom is 0 e. The molecule has 0 saturated carbocycles. The van der Waals surface area contributed by atoms with Gasteiger partial charge in [0, 0.05) is 21.7 Å².